The van der Waals surface area contributed by atoms with E-state index in [0.717, 1.165) is 0 Å². The van der Waals surface area contributed by atoms with Gasteiger partial charge in [0.05, 0.1) is 6.61 Å². The molecular formula is C8H17NO4. The zero-order valence-electron chi connectivity index (χ0n) is 8.16. The van der Waals surface area contributed by atoms with Crippen molar-refractivity contribution >= 4 is 5.97 Å². The molecule has 0 radical (unpaired) electrons. The van der Waals surface area contributed by atoms with E-state index in [1.54, 1.807) is 13.8 Å². The van der Waals surface area contributed by atoms with Gasteiger partial charge in [0.25, 0.3) is 0 Å². The summed E-state index contributed by atoms with van der Waals surface area (Å²) in [5.74, 6) is -1.28. The lowest BCUT2D eigenvalue weighted by Crippen LogP contribution is -2.52. The van der Waals surface area contributed by atoms with Crippen LogP contribution in [-0.2, 0) is 4.79 Å². The van der Waals surface area contributed by atoms with Crippen LogP contribution in [0.1, 0.15) is 20.8 Å². The molecule has 0 aromatic heterocycles. The predicted molar refractivity (Wildman–Crippen MR) is 47.4 cm³/mol. The van der Waals surface area contributed by atoms with Crippen molar-refractivity contribution in [3.63, 3.8) is 0 Å². The zero-order chi connectivity index (χ0) is 10.7. The fourth-order valence-electron chi connectivity index (χ4n) is 0.543. The maximum absolute atomic E-state index is 10.5. The first-order valence-electron chi connectivity index (χ1n) is 4.03. The van der Waals surface area contributed by atoms with Crippen LogP contribution in [0.2, 0.25) is 0 Å². The largest absolute Gasteiger partial charge is 0.479 e. The van der Waals surface area contributed by atoms with Crippen molar-refractivity contribution in [2.24, 2.45) is 0 Å². The van der Waals surface area contributed by atoms with Gasteiger partial charge in [0.15, 0.2) is 5.60 Å². The van der Waals surface area contributed by atoms with Crippen LogP contribution in [0, 0.1) is 0 Å². The maximum atomic E-state index is 10.5. The Labute approximate surface area is 77.4 Å². The monoisotopic (exact) mass is 191 g/mol. The van der Waals surface area contributed by atoms with E-state index in [-0.39, 0.29) is 13.2 Å². The van der Waals surface area contributed by atoms with Gasteiger partial charge in [-0.3, -0.25) is 0 Å². The summed E-state index contributed by atoms with van der Waals surface area (Å²) in [6.45, 7) is 4.41. The van der Waals surface area contributed by atoms with Gasteiger partial charge in [-0.2, -0.15) is 0 Å². The van der Waals surface area contributed by atoms with E-state index in [1.165, 1.54) is 6.92 Å². The topological polar surface area (TPSA) is 89.8 Å². The quantitative estimate of drug-likeness (QED) is 0.456. The van der Waals surface area contributed by atoms with Crippen LogP contribution in [0.5, 0.6) is 0 Å². The van der Waals surface area contributed by atoms with Gasteiger partial charge in [-0.1, -0.05) is 0 Å². The second-order valence-electron chi connectivity index (χ2n) is 3.97. The normalized spacial score (nSPS) is 16.7. The zero-order valence-corrected chi connectivity index (χ0v) is 8.16. The highest BCUT2D eigenvalue weighted by molar-refractivity contribution is 5.76. The van der Waals surface area contributed by atoms with Gasteiger partial charge in [-0.05, 0) is 20.8 Å². The van der Waals surface area contributed by atoms with Crippen LogP contribution >= 0.6 is 0 Å². The van der Waals surface area contributed by atoms with E-state index in [0.29, 0.717) is 0 Å². The number of hydrogen-bond acceptors (Lipinski definition) is 4. The van der Waals surface area contributed by atoms with E-state index < -0.39 is 17.1 Å². The first-order valence-corrected chi connectivity index (χ1v) is 4.03. The van der Waals surface area contributed by atoms with Crippen molar-refractivity contribution in [3.05, 3.63) is 0 Å². The minimum atomic E-state index is -1.80. The van der Waals surface area contributed by atoms with Gasteiger partial charge < -0.3 is 20.6 Å². The number of rotatable bonds is 5. The minimum absolute atomic E-state index is 0.101. The average molecular weight is 191 g/mol. The lowest BCUT2D eigenvalue weighted by Gasteiger charge is -2.28. The van der Waals surface area contributed by atoms with Gasteiger partial charge in [-0.25, -0.2) is 4.79 Å². The molecule has 0 aromatic carbocycles. The summed E-state index contributed by atoms with van der Waals surface area (Å²) in [5, 5.41) is 29.5. The standard InChI is InChI=1S/C8H17NO4/c1-7(2,5-10)9-4-8(3,13)6(11)12/h9-10,13H,4-5H2,1-3H3,(H,11,12). The first kappa shape index (κ1) is 12.3. The molecule has 0 aliphatic carbocycles. The summed E-state index contributed by atoms with van der Waals surface area (Å²) >= 11 is 0. The number of hydrogen-bond donors (Lipinski definition) is 4. The lowest BCUT2D eigenvalue weighted by molar-refractivity contribution is -0.156. The number of nitrogens with one attached hydrogen (secondary N) is 1. The SMILES string of the molecule is CC(C)(CO)NCC(C)(O)C(=O)O. The molecule has 0 bridgehead atoms. The molecule has 13 heavy (non-hydrogen) atoms. The fraction of sp³-hybridized carbons (Fsp3) is 0.875. The van der Waals surface area contributed by atoms with Crippen molar-refractivity contribution in [1.82, 2.24) is 5.32 Å². The van der Waals surface area contributed by atoms with Crippen LogP contribution in [0.3, 0.4) is 0 Å². The number of β-amino-alcohol motifs (C(OH)–C–C–N with tert-alkyl or cyclic N) is 1. The van der Waals surface area contributed by atoms with E-state index in [1.807, 2.05) is 0 Å². The average Bonchev–Trinajstić information content (AvgIpc) is 2.01. The highest BCUT2D eigenvalue weighted by atomic mass is 16.4. The molecule has 78 valence electrons. The van der Waals surface area contributed by atoms with Gasteiger partial charge in [0.2, 0.25) is 0 Å². The molecule has 5 nitrogen and oxygen atoms in total. The highest BCUT2D eigenvalue weighted by Gasteiger charge is 2.31. The maximum Gasteiger partial charge on any atom is 0.336 e. The molecule has 0 rings (SSSR count). The molecule has 0 spiro atoms. The Morgan fingerprint density at radius 3 is 2.15 bits per heavy atom. The second-order valence-corrected chi connectivity index (χ2v) is 3.97. The molecule has 0 amide bonds. The number of aliphatic hydroxyl groups excluding tert-OH is 1. The van der Waals surface area contributed by atoms with Gasteiger partial charge in [0.1, 0.15) is 0 Å². The first-order chi connectivity index (χ1) is 5.71. The lowest BCUT2D eigenvalue weighted by atomic mass is 10.0. The molecule has 0 saturated carbocycles. The Morgan fingerprint density at radius 2 is 1.85 bits per heavy atom. The van der Waals surface area contributed by atoms with Crippen molar-refractivity contribution in [2.45, 2.75) is 31.9 Å². The summed E-state index contributed by atoms with van der Waals surface area (Å²) in [4.78, 5) is 10.5. The molecule has 1 unspecified atom stereocenters. The minimum Gasteiger partial charge on any atom is -0.479 e. The summed E-state index contributed by atoms with van der Waals surface area (Å²) in [6.07, 6.45) is 0. The van der Waals surface area contributed by atoms with Gasteiger partial charge in [0, 0.05) is 12.1 Å². The summed E-state index contributed by atoms with van der Waals surface area (Å²) in [6, 6.07) is 0. The Kier molecular flexibility index (Phi) is 3.84. The van der Waals surface area contributed by atoms with Crippen molar-refractivity contribution in [3.8, 4) is 0 Å². The molecule has 0 saturated heterocycles. The molecule has 4 N–H and O–H groups in total. The fourth-order valence-corrected chi connectivity index (χ4v) is 0.543. The number of carboxylic acid groups (broad SMARTS) is 1. The third-order valence-electron chi connectivity index (χ3n) is 1.77. The van der Waals surface area contributed by atoms with E-state index in [4.69, 9.17) is 10.2 Å². The number of aliphatic carboxylic acids is 1. The number of aliphatic hydroxyl groups is 2. The third kappa shape index (κ3) is 4.21. The van der Waals surface area contributed by atoms with Crippen LogP contribution in [0.15, 0.2) is 0 Å². The molecule has 0 fully saturated rings. The van der Waals surface area contributed by atoms with E-state index in [2.05, 4.69) is 5.32 Å². The molecular weight excluding hydrogens is 174 g/mol. The Bertz CT molecular complexity index is 189. The van der Waals surface area contributed by atoms with Crippen LogP contribution in [0.4, 0.5) is 0 Å². The third-order valence-corrected chi connectivity index (χ3v) is 1.77. The van der Waals surface area contributed by atoms with Crippen molar-refractivity contribution in [2.75, 3.05) is 13.2 Å². The Hall–Kier alpha value is -0.650. The Balaban J connectivity index is 4.09. The summed E-state index contributed by atoms with van der Waals surface area (Å²) in [5.41, 5.74) is -2.38. The molecule has 0 aliphatic rings. The van der Waals surface area contributed by atoms with E-state index >= 15 is 0 Å². The number of carbonyl (C=O) groups is 1. The van der Waals surface area contributed by atoms with Gasteiger partial charge >= 0.3 is 5.97 Å². The van der Waals surface area contributed by atoms with Crippen LogP contribution in [0.25, 0.3) is 0 Å². The molecule has 0 heterocycles. The van der Waals surface area contributed by atoms with Crippen molar-refractivity contribution in [1.29, 1.82) is 0 Å². The van der Waals surface area contributed by atoms with Crippen LogP contribution < -0.4 is 5.32 Å². The number of carboxylic acids is 1. The molecule has 0 aliphatic heterocycles. The highest BCUT2D eigenvalue weighted by Crippen LogP contribution is 2.05. The second kappa shape index (κ2) is 4.04. The smallest absolute Gasteiger partial charge is 0.336 e. The van der Waals surface area contributed by atoms with Crippen LogP contribution in [-0.4, -0.2) is 45.6 Å². The summed E-state index contributed by atoms with van der Waals surface area (Å²) < 4.78 is 0. The molecule has 0 aromatic rings. The predicted octanol–water partition coefficient (Wildman–Crippen LogP) is -0.817. The molecule has 1 atom stereocenters. The van der Waals surface area contributed by atoms with E-state index in [9.17, 15) is 9.90 Å². The Morgan fingerprint density at radius 1 is 1.38 bits per heavy atom. The summed E-state index contributed by atoms with van der Waals surface area (Å²) in [7, 11) is 0. The van der Waals surface area contributed by atoms with Crippen molar-refractivity contribution < 1.29 is 20.1 Å². The van der Waals surface area contributed by atoms with Gasteiger partial charge in [-0.15, -0.1) is 0 Å². The molecule has 5 heteroatoms.